The number of fused-ring (bicyclic) bond motifs is 1. The highest BCUT2D eigenvalue weighted by molar-refractivity contribution is 6.06. The number of halogens is 3. The number of primary amides is 1. The largest absolute Gasteiger partial charge is 0.488 e. The molecule has 0 aliphatic carbocycles. The molecule has 0 fully saturated rings. The summed E-state index contributed by atoms with van der Waals surface area (Å²) in [7, 11) is 0. The molecule has 0 saturated carbocycles. The zero-order valence-corrected chi connectivity index (χ0v) is 25.3. The van der Waals surface area contributed by atoms with Crippen molar-refractivity contribution in [3.05, 3.63) is 53.1 Å². The molecule has 0 saturated heterocycles. The van der Waals surface area contributed by atoms with Crippen LogP contribution in [-0.2, 0) is 22.4 Å². The Morgan fingerprint density at radius 1 is 1.07 bits per heavy atom. The molecule has 0 bridgehead atoms. The minimum Gasteiger partial charge on any atom is -0.488 e. The highest BCUT2D eigenvalue weighted by atomic mass is 19.4. The van der Waals surface area contributed by atoms with E-state index in [0.29, 0.717) is 37.9 Å². The van der Waals surface area contributed by atoms with Gasteiger partial charge in [-0.15, -0.1) is 0 Å². The van der Waals surface area contributed by atoms with Gasteiger partial charge in [0.25, 0.3) is 5.91 Å². The molecule has 3 rings (SSSR count). The van der Waals surface area contributed by atoms with Crippen molar-refractivity contribution in [2.24, 2.45) is 5.73 Å². The molecule has 0 radical (unpaired) electrons. The van der Waals surface area contributed by atoms with Crippen molar-refractivity contribution < 1.29 is 41.8 Å². The Labute approximate surface area is 250 Å². The molecule has 1 aliphatic rings. The van der Waals surface area contributed by atoms with Crippen LogP contribution in [-0.4, -0.2) is 66.9 Å². The summed E-state index contributed by atoms with van der Waals surface area (Å²) >= 11 is 0. The monoisotopic (exact) mass is 607 g/mol. The van der Waals surface area contributed by atoms with E-state index < -0.39 is 36.4 Å². The number of carbonyl (C=O) groups excluding carboxylic acids is 3. The van der Waals surface area contributed by atoms with Gasteiger partial charge in [-0.2, -0.15) is 13.2 Å². The van der Waals surface area contributed by atoms with Crippen molar-refractivity contribution in [1.82, 2.24) is 4.90 Å². The van der Waals surface area contributed by atoms with Gasteiger partial charge in [0.05, 0.1) is 17.8 Å². The second-order valence-corrected chi connectivity index (χ2v) is 11.5. The van der Waals surface area contributed by atoms with Crippen LogP contribution < -0.4 is 20.1 Å². The van der Waals surface area contributed by atoms with Gasteiger partial charge < -0.3 is 29.7 Å². The molecular formula is C31H40F3N3O6. The van der Waals surface area contributed by atoms with Crippen LogP contribution in [0.4, 0.5) is 23.7 Å². The van der Waals surface area contributed by atoms with Crippen LogP contribution in [0.25, 0.3) is 0 Å². The molecular weight excluding hydrogens is 567 g/mol. The summed E-state index contributed by atoms with van der Waals surface area (Å²) in [4.78, 5) is 41.4. The lowest BCUT2D eigenvalue weighted by molar-refractivity contribution is -0.153. The summed E-state index contributed by atoms with van der Waals surface area (Å²) in [5.74, 6) is -0.673. The van der Waals surface area contributed by atoms with Crippen molar-refractivity contribution in [2.75, 3.05) is 31.2 Å². The number of ether oxygens (including phenoxy) is 3. The SMILES string of the molecule is CCCC(=O)N1CCc2cc(C[C@@H](C)N(CCOc3ccccc3OCC(F)(F)F)C(=O)OC(C)(C)C)cc(C(N)=O)c21. The maximum absolute atomic E-state index is 13.2. The molecule has 0 unspecified atom stereocenters. The average Bonchev–Trinajstić information content (AvgIpc) is 3.32. The second-order valence-electron chi connectivity index (χ2n) is 11.5. The van der Waals surface area contributed by atoms with E-state index >= 15 is 0 Å². The molecule has 2 N–H and O–H groups in total. The number of nitrogens with two attached hydrogens (primary N) is 1. The summed E-state index contributed by atoms with van der Waals surface area (Å²) in [5, 5.41) is 0. The Morgan fingerprint density at radius 2 is 1.72 bits per heavy atom. The lowest BCUT2D eigenvalue weighted by Gasteiger charge is -2.32. The highest BCUT2D eigenvalue weighted by Gasteiger charge is 2.32. The molecule has 2 aromatic carbocycles. The van der Waals surface area contributed by atoms with E-state index in [0.717, 1.165) is 11.1 Å². The lowest BCUT2D eigenvalue weighted by Crippen LogP contribution is -2.45. The third-order valence-corrected chi connectivity index (χ3v) is 6.68. The standard InChI is InChI=1S/C31H40F3N3O6/c1-6-9-26(38)37-13-12-22-17-21(18-23(27(22)37)28(35)39)16-20(2)36(29(40)43-30(3,4)5)14-15-41-24-10-7-8-11-25(24)42-19-31(32,33)34/h7-8,10-11,17-18,20H,6,9,12-16,19H2,1-5H3,(H2,35,39)/t20-/m1/s1. The lowest BCUT2D eigenvalue weighted by atomic mass is 9.97. The third kappa shape index (κ3) is 9.52. The maximum Gasteiger partial charge on any atom is 0.422 e. The summed E-state index contributed by atoms with van der Waals surface area (Å²) in [5.41, 5.74) is 7.34. The number of para-hydroxylation sites is 2. The number of hydrogen-bond donors (Lipinski definition) is 1. The van der Waals surface area contributed by atoms with Crippen molar-refractivity contribution >= 4 is 23.6 Å². The summed E-state index contributed by atoms with van der Waals surface area (Å²) in [6.45, 7) is 7.94. The Morgan fingerprint density at radius 3 is 2.30 bits per heavy atom. The molecule has 43 heavy (non-hydrogen) atoms. The number of anilines is 1. The van der Waals surface area contributed by atoms with Crippen LogP contribution in [0.3, 0.4) is 0 Å². The number of amides is 3. The van der Waals surface area contributed by atoms with E-state index in [1.165, 1.54) is 23.1 Å². The number of alkyl halides is 3. The number of rotatable bonds is 12. The summed E-state index contributed by atoms with van der Waals surface area (Å²) < 4.78 is 54.3. The molecule has 0 aromatic heterocycles. The molecule has 12 heteroatoms. The van der Waals surface area contributed by atoms with Gasteiger partial charge in [0.1, 0.15) is 12.2 Å². The Hall–Kier alpha value is -3.96. The van der Waals surface area contributed by atoms with E-state index in [4.69, 9.17) is 19.9 Å². The predicted molar refractivity (Wildman–Crippen MR) is 156 cm³/mol. The van der Waals surface area contributed by atoms with Gasteiger partial charge in [0, 0.05) is 19.0 Å². The highest BCUT2D eigenvalue weighted by Crippen LogP contribution is 2.34. The van der Waals surface area contributed by atoms with Crippen molar-refractivity contribution in [3.8, 4) is 11.5 Å². The fourth-order valence-electron chi connectivity index (χ4n) is 4.88. The minimum absolute atomic E-state index is 0.0522. The van der Waals surface area contributed by atoms with Gasteiger partial charge >= 0.3 is 12.3 Å². The maximum atomic E-state index is 13.2. The Bertz CT molecular complexity index is 1310. The van der Waals surface area contributed by atoms with Crippen LogP contribution in [0, 0.1) is 0 Å². The van der Waals surface area contributed by atoms with Gasteiger partial charge in [-0.1, -0.05) is 25.1 Å². The van der Waals surface area contributed by atoms with Crippen molar-refractivity contribution in [1.29, 1.82) is 0 Å². The topological polar surface area (TPSA) is 111 Å². The van der Waals surface area contributed by atoms with Crippen LogP contribution in [0.15, 0.2) is 36.4 Å². The molecule has 236 valence electrons. The molecule has 1 atom stereocenters. The van der Waals surface area contributed by atoms with Crippen LogP contribution in [0.5, 0.6) is 11.5 Å². The van der Waals surface area contributed by atoms with Gasteiger partial charge in [0.15, 0.2) is 18.1 Å². The molecule has 9 nitrogen and oxygen atoms in total. The number of hydrogen-bond acceptors (Lipinski definition) is 6. The van der Waals surface area contributed by atoms with Gasteiger partial charge in [0.2, 0.25) is 5.91 Å². The molecule has 0 spiro atoms. The summed E-state index contributed by atoms with van der Waals surface area (Å²) in [6, 6.07) is 9.14. The van der Waals surface area contributed by atoms with Gasteiger partial charge in [-0.25, -0.2) is 4.79 Å². The zero-order valence-electron chi connectivity index (χ0n) is 25.3. The molecule has 2 aromatic rings. The summed E-state index contributed by atoms with van der Waals surface area (Å²) in [6.07, 6.45) is -3.15. The first-order chi connectivity index (χ1) is 20.1. The molecule has 1 aliphatic heterocycles. The number of carbonyl (C=O) groups is 3. The van der Waals surface area contributed by atoms with E-state index in [1.54, 1.807) is 37.8 Å². The Balaban J connectivity index is 1.80. The third-order valence-electron chi connectivity index (χ3n) is 6.68. The van der Waals surface area contributed by atoms with E-state index in [1.807, 2.05) is 19.9 Å². The zero-order chi connectivity index (χ0) is 31.9. The normalized spacial score (nSPS) is 13.7. The minimum atomic E-state index is -4.51. The van der Waals surface area contributed by atoms with E-state index in [9.17, 15) is 27.6 Å². The Kier molecular flexibility index (Phi) is 10.9. The van der Waals surface area contributed by atoms with Crippen LogP contribution in [0.1, 0.15) is 68.9 Å². The van der Waals surface area contributed by atoms with Crippen molar-refractivity contribution in [3.63, 3.8) is 0 Å². The quantitative estimate of drug-likeness (QED) is 0.333. The van der Waals surface area contributed by atoms with Crippen LogP contribution >= 0.6 is 0 Å². The number of nitrogens with zero attached hydrogens (tertiary/aromatic N) is 2. The first-order valence-electron chi connectivity index (χ1n) is 14.3. The predicted octanol–water partition coefficient (Wildman–Crippen LogP) is 5.66. The van der Waals surface area contributed by atoms with Crippen LogP contribution in [0.2, 0.25) is 0 Å². The first-order valence-corrected chi connectivity index (χ1v) is 14.3. The fourth-order valence-corrected chi connectivity index (χ4v) is 4.88. The molecule has 3 amide bonds. The molecule has 1 heterocycles. The van der Waals surface area contributed by atoms with E-state index in [-0.39, 0.29) is 36.1 Å². The first kappa shape index (κ1) is 33.5. The van der Waals surface area contributed by atoms with Gasteiger partial charge in [-0.05, 0) is 76.3 Å². The van der Waals surface area contributed by atoms with E-state index in [2.05, 4.69) is 0 Å². The fraction of sp³-hybridized carbons (Fsp3) is 0.516. The second kappa shape index (κ2) is 14.0. The average molecular weight is 608 g/mol. The number of benzene rings is 2. The van der Waals surface area contributed by atoms with Gasteiger partial charge in [-0.3, -0.25) is 9.59 Å². The van der Waals surface area contributed by atoms with Crippen molar-refractivity contribution in [2.45, 2.75) is 78.1 Å². The smallest absolute Gasteiger partial charge is 0.422 e.